The highest BCUT2D eigenvalue weighted by Gasteiger charge is 2.08. The second kappa shape index (κ2) is 15.3. The van der Waals surface area contributed by atoms with E-state index in [1.165, 1.54) is 57.8 Å². The number of hydrogen-bond acceptors (Lipinski definition) is 1. The fourth-order valence-corrected chi connectivity index (χ4v) is 3.61. The highest BCUT2D eigenvalue weighted by Crippen LogP contribution is 2.23. The molecule has 3 atom stereocenters. The molecule has 0 heterocycles. The van der Waals surface area contributed by atoms with E-state index in [4.69, 9.17) is 5.11 Å². The largest absolute Gasteiger partial charge is 0.478 e. The number of carboxylic acids is 1. The molecule has 0 bridgehead atoms. The monoisotopic (exact) mass is 366 g/mol. The van der Waals surface area contributed by atoms with E-state index in [-0.39, 0.29) is 0 Å². The van der Waals surface area contributed by atoms with Crippen LogP contribution in [0.2, 0.25) is 0 Å². The van der Waals surface area contributed by atoms with Crippen molar-refractivity contribution in [3.8, 4) is 0 Å². The van der Waals surface area contributed by atoms with Gasteiger partial charge in [0.15, 0.2) is 0 Å². The maximum atomic E-state index is 10.8. The van der Waals surface area contributed by atoms with Crippen molar-refractivity contribution in [1.29, 1.82) is 0 Å². The van der Waals surface area contributed by atoms with Crippen LogP contribution in [0.1, 0.15) is 112 Å². The topological polar surface area (TPSA) is 37.3 Å². The lowest BCUT2D eigenvalue weighted by Crippen LogP contribution is -2.01. The lowest BCUT2D eigenvalue weighted by Gasteiger charge is -2.16. The lowest BCUT2D eigenvalue weighted by molar-refractivity contribution is -0.132. The molecule has 0 rings (SSSR count). The maximum absolute atomic E-state index is 10.8. The van der Waals surface area contributed by atoms with Crippen molar-refractivity contribution in [2.75, 3.05) is 0 Å². The molecule has 0 fully saturated rings. The summed E-state index contributed by atoms with van der Waals surface area (Å²) in [5, 5.41) is 8.85. The van der Waals surface area contributed by atoms with Crippen molar-refractivity contribution in [3.63, 3.8) is 0 Å². The molecule has 0 aliphatic rings. The fraction of sp³-hybridized carbons (Fsp3) is 0.875. The molecule has 3 unspecified atom stereocenters. The Labute approximate surface area is 163 Å². The minimum absolute atomic E-state index is 0.476. The molecule has 0 aliphatic heterocycles. The third-order valence-corrected chi connectivity index (χ3v) is 5.71. The molecule has 154 valence electrons. The summed E-state index contributed by atoms with van der Waals surface area (Å²) in [6, 6.07) is 0. The Hall–Kier alpha value is -0.790. The van der Waals surface area contributed by atoms with Crippen LogP contribution < -0.4 is 0 Å². The smallest absolute Gasteiger partial charge is 0.330 e. The van der Waals surface area contributed by atoms with Crippen LogP contribution in [0.5, 0.6) is 0 Å². The van der Waals surface area contributed by atoms with Gasteiger partial charge in [0, 0.05) is 5.57 Å². The van der Waals surface area contributed by atoms with Crippen LogP contribution in [-0.2, 0) is 4.79 Å². The standard InChI is InChI=1S/C24H46O2/c1-19(2)11-7-12-20(3)13-8-14-21(4)15-9-16-22(5)17-10-18-23(6)24(25)26/h18-22H,7-17H2,1-6H3,(H,25,26). The predicted molar refractivity (Wildman–Crippen MR) is 115 cm³/mol. The molecule has 0 aromatic rings. The number of rotatable bonds is 16. The molecule has 0 saturated carbocycles. The molecule has 0 aromatic carbocycles. The van der Waals surface area contributed by atoms with Gasteiger partial charge in [-0.3, -0.25) is 0 Å². The summed E-state index contributed by atoms with van der Waals surface area (Å²) in [4.78, 5) is 10.8. The summed E-state index contributed by atoms with van der Waals surface area (Å²) < 4.78 is 0. The lowest BCUT2D eigenvalue weighted by atomic mass is 9.90. The van der Waals surface area contributed by atoms with Crippen molar-refractivity contribution in [3.05, 3.63) is 11.6 Å². The minimum atomic E-state index is -0.791. The van der Waals surface area contributed by atoms with Crippen LogP contribution in [0, 0.1) is 23.7 Å². The van der Waals surface area contributed by atoms with Gasteiger partial charge in [0.1, 0.15) is 0 Å². The van der Waals surface area contributed by atoms with E-state index in [0.29, 0.717) is 11.5 Å². The number of aliphatic carboxylic acids is 1. The number of hydrogen-bond donors (Lipinski definition) is 1. The first kappa shape index (κ1) is 25.2. The average Bonchev–Trinajstić information content (AvgIpc) is 2.54. The highest BCUT2D eigenvalue weighted by atomic mass is 16.4. The molecule has 0 spiro atoms. The third-order valence-electron chi connectivity index (χ3n) is 5.71. The van der Waals surface area contributed by atoms with Gasteiger partial charge >= 0.3 is 5.97 Å². The van der Waals surface area contributed by atoms with Crippen LogP contribution in [0.25, 0.3) is 0 Å². The fourth-order valence-electron chi connectivity index (χ4n) is 3.61. The van der Waals surface area contributed by atoms with Gasteiger partial charge in [-0.2, -0.15) is 0 Å². The molecular formula is C24H46O2. The number of carboxylic acid groups (broad SMARTS) is 1. The van der Waals surface area contributed by atoms with Crippen LogP contribution in [0.15, 0.2) is 11.6 Å². The van der Waals surface area contributed by atoms with Crippen molar-refractivity contribution < 1.29 is 9.90 Å². The van der Waals surface area contributed by atoms with Crippen molar-refractivity contribution >= 4 is 5.97 Å². The summed E-state index contributed by atoms with van der Waals surface area (Å²) in [5.74, 6) is 2.49. The molecule has 2 nitrogen and oxygen atoms in total. The Morgan fingerprint density at radius 1 is 0.731 bits per heavy atom. The Kier molecular flexibility index (Phi) is 14.8. The summed E-state index contributed by atoms with van der Waals surface area (Å²) in [6.45, 7) is 13.5. The SMILES string of the molecule is CC(=CCCC(C)CCCC(C)CCCC(C)CCCC(C)C)C(=O)O. The summed E-state index contributed by atoms with van der Waals surface area (Å²) in [5.41, 5.74) is 0.476. The van der Waals surface area contributed by atoms with Gasteiger partial charge < -0.3 is 5.11 Å². The Morgan fingerprint density at radius 3 is 1.50 bits per heavy atom. The second-order valence-electron chi connectivity index (χ2n) is 9.27. The zero-order valence-electron chi connectivity index (χ0n) is 18.5. The van der Waals surface area contributed by atoms with Crippen LogP contribution in [0.3, 0.4) is 0 Å². The first-order valence-corrected chi connectivity index (χ1v) is 11.1. The van der Waals surface area contributed by atoms with Gasteiger partial charge in [-0.05, 0) is 43.4 Å². The Balaban J connectivity index is 3.65. The van der Waals surface area contributed by atoms with Crippen LogP contribution in [-0.4, -0.2) is 11.1 Å². The van der Waals surface area contributed by atoms with Gasteiger partial charge in [-0.1, -0.05) is 98.5 Å². The van der Waals surface area contributed by atoms with Crippen LogP contribution in [0.4, 0.5) is 0 Å². The molecular weight excluding hydrogens is 320 g/mol. The van der Waals surface area contributed by atoms with E-state index < -0.39 is 5.97 Å². The third kappa shape index (κ3) is 15.5. The first-order valence-electron chi connectivity index (χ1n) is 11.1. The molecule has 0 aromatic heterocycles. The van der Waals surface area contributed by atoms with Gasteiger partial charge in [0.25, 0.3) is 0 Å². The summed E-state index contributed by atoms with van der Waals surface area (Å²) in [7, 11) is 0. The van der Waals surface area contributed by atoms with Crippen molar-refractivity contribution in [2.24, 2.45) is 23.7 Å². The van der Waals surface area contributed by atoms with E-state index in [1.54, 1.807) is 6.92 Å². The molecule has 1 N–H and O–H groups in total. The zero-order valence-corrected chi connectivity index (χ0v) is 18.5. The van der Waals surface area contributed by atoms with Crippen molar-refractivity contribution in [2.45, 2.75) is 112 Å². The summed E-state index contributed by atoms with van der Waals surface area (Å²) in [6.07, 6.45) is 16.1. The van der Waals surface area contributed by atoms with Crippen molar-refractivity contribution in [1.82, 2.24) is 0 Å². The highest BCUT2D eigenvalue weighted by molar-refractivity contribution is 5.85. The van der Waals surface area contributed by atoms with Crippen LogP contribution >= 0.6 is 0 Å². The number of carbonyl (C=O) groups is 1. The Morgan fingerprint density at radius 2 is 1.12 bits per heavy atom. The van der Waals surface area contributed by atoms with E-state index in [9.17, 15) is 4.79 Å². The molecule has 0 amide bonds. The molecule has 26 heavy (non-hydrogen) atoms. The van der Waals surface area contributed by atoms with E-state index in [1.807, 2.05) is 6.08 Å². The molecule has 0 aliphatic carbocycles. The van der Waals surface area contributed by atoms with Gasteiger partial charge in [0.2, 0.25) is 0 Å². The minimum Gasteiger partial charge on any atom is -0.478 e. The predicted octanol–water partition coefficient (Wildman–Crippen LogP) is 7.87. The van der Waals surface area contributed by atoms with E-state index >= 15 is 0 Å². The Bertz CT molecular complexity index is 384. The first-order chi connectivity index (χ1) is 12.2. The van der Waals surface area contributed by atoms with Gasteiger partial charge in [-0.15, -0.1) is 0 Å². The second-order valence-corrected chi connectivity index (χ2v) is 9.27. The number of allylic oxidation sites excluding steroid dienone is 1. The molecule has 0 saturated heterocycles. The van der Waals surface area contributed by atoms with E-state index in [0.717, 1.165) is 30.6 Å². The average molecular weight is 367 g/mol. The summed E-state index contributed by atoms with van der Waals surface area (Å²) >= 11 is 0. The van der Waals surface area contributed by atoms with Gasteiger partial charge in [0.05, 0.1) is 0 Å². The normalized spacial score (nSPS) is 15.9. The molecule has 2 heteroatoms. The maximum Gasteiger partial charge on any atom is 0.330 e. The molecule has 0 radical (unpaired) electrons. The van der Waals surface area contributed by atoms with E-state index in [2.05, 4.69) is 34.6 Å². The quantitative estimate of drug-likeness (QED) is 0.282. The van der Waals surface area contributed by atoms with Gasteiger partial charge in [-0.25, -0.2) is 4.79 Å². The zero-order chi connectivity index (χ0) is 19.9.